The molecule has 2 aromatic carbocycles. The molecule has 2 heterocycles. The Balaban J connectivity index is 1.50. The fourth-order valence-electron chi connectivity index (χ4n) is 3.71. The summed E-state index contributed by atoms with van der Waals surface area (Å²) in [5.74, 6) is -0.432. The highest BCUT2D eigenvalue weighted by Crippen LogP contribution is 2.29. The van der Waals surface area contributed by atoms with E-state index in [2.05, 4.69) is 10.3 Å². The molecule has 182 valence electrons. The number of rotatable bonds is 6. The molecule has 0 saturated carbocycles. The molecule has 1 saturated heterocycles. The first-order chi connectivity index (χ1) is 16.1. The maximum Gasteiger partial charge on any atom is 0.257 e. The number of aromatic nitrogens is 1. The van der Waals surface area contributed by atoms with Crippen molar-refractivity contribution in [2.24, 2.45) is 0 Å². The number of thiazole rings is 1. The molecule has 1 aliphatic rings. The number of nitrogens with one attached hydrogen (secondary N) is 1. The van der Waals surface area contributed by atoms with Crippen molar-refractivity contribution in [3.63, 3.8) is 0 Å². The van der Waals surface area contributed by atoms with Gasteiger partial charge in [0.15, 0.2) is 5.13 Å². The fraction of sp³-hybridized carbons (Fsp3) is 0.364. The van der Waals surface area contributed by atoms with E-state index < -0.39 is 26.0 Å². The summed E-state index contributed by atoms with van der Waals surface area (Å²) in [5, 5.41) is 3.03. The number of anilines is 1. The minimum absolute atomic E-state index is 0.146. The third kappa shape index (κ3) is 5.01. The van der Waals surface area contributed by atoms with Crippen molar-refractivity contribution in [2.75, 3.05) is 32.5 Å². The van der Waals surface area contributed by atoms with Crippen LogP contribution in [0.15, 0.2) is 52.3 Å². The third-order valence-electron chi connectivity index (χ3n) is 5.68. The topological polar surface area (TPSA) is 117 Å². The molecule has 9 nitrogen and oxygen atoms in total. The summed E-state index contributed by atoms with van der Waals surface area (Å²) in [6, 6.07) is 10.5. The standard InChI is InChI=1S/C22H26N4O5S3/c1-25(2)33(28,29)18-11-12-19-20(15-18)32-22(23-19)24-21(27)16-7-9-17(10-8-16)34(30,31)26-13-5-3-4-6-14-26/h7-12,15H,3-6,13-14H2,1-2H3,(H,23,24,27). The Morgan fingerprint density at radius 2 is 1.56 bits per heavy atom. The lowest BCUT2D eigenvalue weighted by Gasteiger charge is -2.20. The van der Waals surface area contributed by atoms with Gasteiger partial charge in [-0.15, -0.1) is 0 Å². The highest BCUT2D eigenvalue weighted by atomic mass is 32.2. The zero-order chi connectivity index (χ0) is 24.5. The van der Waals surface area contributed by atoms with Crippen LogP contribution >= 0.6 is 11.3 Å². The lowest BCUT2D eigenvalue weighted by molar-refractivity contribution is 0.102. The highest BCUT2D eigenvalue weighted by Gasteiger charge is 2.25. The van der Waals surface area contributed by atoms with E-state index in [1.54, 1.807) is 6.07 Å². The van der Waals surface area contributed by atoms with Gasteiger partial charge in [-0.1, -0.05) is 24.2 Å². The number of amides is 1. The Hall–Kier alpha value is -2.38. The van der Waals surface area contributed by atoms with Crippen molar-refractivity contribution in [3.8, 4) is 0 Å². The SMILES string of the molecule is CN(C)S(=O)(=O)c1ccc2nc(NC(=O)c3ccc(S(=O)(=O)N4CCCCCC4)cc3)sc2c1. The summed E-state index contributed by atoms with van der Waals surface area (Å²) in [6.07, 6.45) is 3.77. The molecule has 12 heteroatoms. The summed E-state index contributed by atoms with van der Waals surface area (Å²) in [7, 11) is -4.25. The van der Waals surface area contributed by atoms with Gasteiger partial charge in [-0.3, -0.25) is 10.1 Å². The molecule has 0 unspecified atom stereocenters. The summed E-state index contributed by atoms with van der Waals surface area (Å²) in [5.41, 5.74) is 0.863. The molecule has 0 bridgehead atoms. The first kappa shape index (κ1) is 24.7. The molecule has 0 atom stereocenters. The predicted molar refractivity (Wildman–Crippen MR) is 132 cm³/mol. The fourth-order valence-corrected chi connectivity index (χ4v) is 7.13. The lowest BCUT2D eigenvalue weighted by Crippen LogP contribution is -2.31. The Bertz CT molecular complexity index is 1410. The van der Waals surface area contributed by atoms with Gasteiger partial charge in [0.25, 0.3) is 5.91 Å². The van der Waals surface area contributed by atoms with Gasteiger partial charge in [0.05, 0.1) is 20.0 Å². The molecular weight excluding hydrogens is 496 g/mol. The molecule has 1 amide bonds. The van der Waals surface area contributed by atoms with Gasteiger partial charge in [-0.05, 0) is 55.3 Å². The predicted octanol–water partition coefficient (Wildman–Crippen LogP) is 3.36. The molecule has 4 rings (SSSR count). The molecule has 1 fully saturated rings. The second-order valence-corrected chi connectivity index (χ2v) is 13.4. The second kappa shape index (κ2) is 9.70. The molecule has 0 radical (unpaired) electrons. The largest absolute Gasteiger partial charge is 0.298 e. The van der Waals surface area contributed by atoms with Crippen molar-refractivity contribution >= 4 is 52.6 Å². The minimum atomic E-state index is -3.59. The van der Waals surface area contributed by atoms with E-state index in [1.807, 2.05) is 0 Å². The quantitative estimate of drug-likeness (QED) is 0.531. The lowest BCUT2D eigenvalue weighted by atomic mass is 10.2. The number of benzene rings is 2. The van der Waals surface area contributed by atoms with E-state index in [0.717, 1.165) is 41.3 Å². The number of hydrogen-bond acceptors (Lipinski definition) is 7. The van der Waals surface area contributed by atoms with Gasteiger partial charge in [-0.25, -0.2) is 26.1 Å². The Morgan fingerprint density at radius 3 is 2.18 bits per heavy atom. The zero-order valence-electron chi connectivity index (χ0n) is 18.9. The number of hydrogen-bond donors (Lipinski definition) is 1. The van der Waals surface area contributed by atoms with Crippen LogP contribution in [0.1, 0.15) is 36.0 Å². The Morgan fingerprint density at radius 1 is 0.941 bits per heavy atom. The molecule has 0 spiro atoms. The normalized spacial score (nSPS) is 16.0. The Labute approximate surface area is 203 Å². The zero-order valence-corrected chi connectivity index (χ0v) is 21.3. The minimum Gasteiger partial charge on any atom is -0.298 e. The van der Waals surface area contributed by atoms with Crippen molar-refractivity contribution in [1.29, 1.82) is 0 Å². The second-order valence-electron chi connectivity index (χ2n) is 8.23. The summed E-state index contributed by atoms with van der Waals surface area (Å²) in [4.78, 5) is 17.4. The van der Waals surface area contributed by atoms with Crippen LogP contribution < -0.4 is 5.32 Å². The van der Waals surface area contributed by atoms with Crippen LogP contribution in [-0.2, 0) is 20.0 Å². The third-order valence-corrected chi connectivity index (χ3v) is 10.3. The van der Waals surface area contributed by atoms with Gasteiger partial charge in [-0.2, -0.15) is 4.31 Å². The number of nitrogens with zero attached hydrogens (tertiary/aromatic N) is 3. The monoisotopic (exact) mass is 522 g/mol. The molecule has 1 N–H and O–H groups in total. The number of sulfonamides is 2. The number of fused-ring (bicyclic) bond motifs is 1. The van der Waals surface area contributed by atoms with Crippen LogP contribution in [0.2, 0.25) is 0 Å². The van der Waals surface area contributed by atoms with Crippen LogP contribution in [0.5, 0.6) is 0 Å². The van der Waals surface area contributed by atoms with Gasteiger partial charge in [0.1, 0.15) is 0 Å². The van der Waals surface area contributed by atoms with Crippen LogP contribution in [0.25, 0.3) is 10.2 Å². The van der Waals surface area contributed by atoms with E-state index >= 15 is 0 Å². The maximum atomic E-state index is 12.9. The van der Waals surface area contributed by atoms with Gasteiger partial charge in [0.2, 0.25) is 20.0 Å². The smallest absolute Gasteiger partial charge is 0.257 e. The Kier molecular flexibility index (Phi) is 7.06. The van der Waals surface area contributed by atoms with Crippen molar-refractivity contribution in [3.05, 3.63) is 48.0 Å². The molecule has 1 aliphatic heterocycles. The summed E-state index contributed by atoms with van der Waals surface area (Å²) in [6.45, 7) is 1.03. The van der Waals surface area contributed by atoms with E-state index in [0.29, 0.717) is 34.0 Å². The van der Waals surface area contributed by atoms with E-state index in [4.69, 9.17) is 0 Å². The summed E-state index contributed by atoms with van der Waals surface area (Å²) < 4.78 is 53.8. The van der Waals surface area contributed by atoms with Gasteiger partial charge in [0, 0.05) is 32.7 Å². The average molecular weight is 523 g/mol. The van der Waals surface area contributed by atoms with Crippen LogP contribution in [0.4, 0.5) is 5.13 Å². The average Bonchev–Trinajstić information content (AvgIpc) is 3.00. The molecular formula is C22H26N4O5S3. The van der Waals surface area contributed by atoms with Crippen LogP contribution in [-0.4, -0.2) is 63.5 Å². The molecule has 1 aromatic heterocycles. The first-order valence-corrected chi connectivity index (χ1v) is 14.5. The van der Waals surface area contributed by atoms with Gasteiger partial charge < -0.3 is 0 Å². The van der Waals surface area contributed by atoms with Crippen LogP contribution in [0.3, 0.4) is 0 Å². The molecule has 0 aliphatic carbocycles. The number of carbonyl (C=O) groups is 1. The molecule has 34 heavy (non-hydrogen) atoms. The van der Waals surface area contributed by atoms with Crippen molar-refractivity contribution < 1.29 is 21.6 Å². The van der Waals surface area contributed by atoms with Crippen molar-refractivity contribution in [1.82, 2.24) is 13.6 Å². The van der Waals surface area contributed by atoms with E-state index in [-0.39, 0.29) is 9.79 Å². The van der Waals surface area contributed by atoms with Gasteiger partial charge >= 0.3 is 0 Å². The number of carbonyl (C=O) groups excluding carboxylic acids is 1. The van der Waals surface area contributed by atoms with E-state index in [1.165, 1.54) is 54.8 Å². The van der Waals surface area contributed by atoms with Crippen LogP contribution in [0, 0.1) is 0 Å². The first-order valence-electron chi connectivity index (χ1n) is 10.8. The highest BCUT2D eigenvalue weighted by molar-refractivity contribution is 7.89. The summed E-state index contributed by atoms with van der Waals surface area (Å²) >= 11 is 1.16. The van der Waals surface area contributed by atoms with Crippen molar-refractivity contribution in [2.45, 2.75) is 35.5 Å². The van der Waals surface area contributed by atoms with E-state index in [9.17, 15) is 21.6 Å². The maximum absolute atomic E-state index is 12.9. The molecule has 3 aromatic rings.